The molecule has 0 saturated carbocycles. The topological polar surface area (TPSA) is 46.5 Å². The van der Waals surface area contributed by atoms with Gasteiger partial charge in [0.25, 0.3) is 0 Å². The summed E-state index contributed by atoms with van der Waals surface area (Å²) < 4.78 is 5.95. The van der Waals surface area contributed by atoms with Crippen molar-refractivity contribution in [3.8, 4) is 5.75 Å². The molecule has 0 aromatic heterocycles. The Morgan fingerprint density at radius 2 is 1.73 bits per heavy atom. The Labute approximate surface area is 97.2 Å². The van der Waals surface area contributed by atoms with E-state index in [2.05, 4.69) is 15.9 Å². The van der Waals surface area contributed by atoms with Gasteiger partial charge >= 0.3 is 5.97 Å². The Balaban J connectivity index is 3.66. The average molecular weight is 273 g/mol. The first-order chi connectivity index (χ1) is 6.91. The van der Waals surface area contributed by atoms with Crippen molar-refractivity contribution in [1.82, 2.24) is 0 Å². The van der Waals surface area contributed by atoms with Crippen LogP contribution < -0.4 is 4.74 Å². The number of aromatic carboxylic acids is 1. The zero-order valence-corrected chi connectivity index (χ0v) is 10.7. The van der Waals surface area contributed by atoms with Crippen LogP contribution in [0, 0.1) is 20.8 Å². The van der Waals surface area contributed by atoms with Gasteiger partial charge in [0.2, 0.25) is 0 Å². The fraction of sp³-hybridized carbons (Fsp3) is 0.364. The van der Waals surface area contributed by atoms with Crippen molar-refractivity contribution < 1.29 is 14.6 Å². The molecule has 1 aromatic carbocycles. The lowest BCUT2D eigenvalue weighted by molar-refractivity contribution is 0.0695. The lowest BCUT2D eigenvalue weighted by Gasteiger charge is -2.15. The fourth-order valence-electron chi connectivity index (χ4n) is 1.65. The number of halogens is 1. The van der Waals surface area contributed by atoms with Crippen LogP contribution in [0.1, 0.15) is 27.0 Å². The Kier molecular flexibility index (Phi) is 3.39. The van der Waals surface area contributed by atoms with Crippen molar-refractivity contribution in [2.75, 3.05) is 7.11 Å². The summed E-state index contributed by atoms with van der Waals surface area (Å²) in [7, 11) is 1.58. The zero-order valence-electron chi connectivity index (χ0n) is 9.14. The highest BCUT2D eigenvalue weighted by atomic mass is 79.9. The molecule has 1 rings (SSSR count). The van der Waals surface area contributed by atoms with Crippen molar-refractivity contribution in [3.05, 3.63) is 26.7 Å². The highest BCUT2D eigenvalue weighted by molar-refractivity contribution is 9.10. The SMILES string of the molecule is COc1c(C)c(C)c(C(=O)O)c(C)c1Br. The van der Waals surface area contributed by atoms with Gasteiger partial charge in [0.1, 0.15) is 5.75 Å². The zero-order chi connectivity index (χ0) is 11.7. The summed E-state index contributed by atoms with van der Waals surface area (Å²) in [6, 6.07) is 0. The van der Waals surface area contributed by atoms with Gasteiger partial charge in [0.15, 0.2) is 0 Å². The third-order valence-corrected chi connectivity index (χ3v) is 3.55. The Morgan fingerprint density at radius 1 is 1.20 bits per heavy atom. The van der Waals surface area contributed by atoms with Gasteiger partial charge in [-0.05, 0) is 53.4 Å². The van der Waals surface area contributed by atoms with Crippen LogP contribution >= 0.6 is 15.9 Å². The summed E-state index contributed by atoms with van der Waals surface area (Å²) in [6.07, 6.45) is 0. The van der Waals surface area contributed by atoms with Crippen LogP contribution in [0.3, 0.4) is 0 Å². The maximum atomic E-state index is 11.1. The molecule has 3 nitrogen and oxygen atoms in total. The predicted molar refractivity (Wildman–Crippen MR) is 61.9 cm³/mol. The molecule has 0 unspecified atom stereocenters. The number of benzene rings is 1. The summed E-state index contributed by atoms with van der Waals surface area (Å²) in [5.41, 5.74) is 2.65. The molecular formula is C11H13BrO3. The van der Waals surface area contributed by atoms with Crippen LogP contribution in [-0.4, -0.2) is 18.2 Å². The Bertz CT molecular complexity index is 395. The summed E-state index contributed by atoms with van der Waals surface area (Å²) >= 11 is 3.36. The van der Waals surface area contributed by atoms with Crippen molar-refractivity contribution in [2.45, 2.75) is 20.8 Å². The van der Waals surface area contributed by atoms with Crippen LogP contribution in [-0.2, 0) is 0 Å². The average Bonchev–Trinajstić information content (AvgIpc) is 2.16. The van der Waals surface area contributed by atoms with Crippen molar-refractivity contribution in [1.29, 1.82) is 0 Å². The number of ether oxygens (including phenoxy) is 1. The Hall–Kier alpha value is -1.03. The highest BCUT2D eigenvalue weighted by Crippen LogP contribution is 2.36. The summed E-state index contributed by atoms with van der Waals surface area (Å²) in [5, 5.41) is 9.10. The third-order valence-electron chi connectivity index (χ3n) is 2.60. The van der Waals surface area contributed by atoms with Gasteiger partial charge in [0.05, 0.1) is 17.1 Å². The second-order valence-corrected chi connectivity index (χ2v) is 4.20. The first-order valence-corrected chi connectivity index (χ1v) is 5.27. The number of carboxylic acid groups (broad SMARTS) is 1. The molecule has 0 aliphatic rings. The molecule has 0 aliphatic carbocycles. The molecule has 0 amide bonds. The second kappa shape index (κ2) is 4.23. The molecule has 0 aliphatic heterocycles. The van der Waals surface area contributed by atoms with E-state index in [1.807, 2.05) is 6.92 Å². The molecule has 0 bridgehead atoms. The minimum absolute atomic E-state index is 0.347. The van der Waals surface area contributed by atoms with Gasteiger partial charge in [-0.2, -0.15) is 0 Å². The van der Waals surface area contributed by atoms with Crippen molar-refractivity contribution >= 4 is 21.9 Å². The van der Waals surface area contributed by atoms with Crippen LogP contribution in [0.25, 0.3) is 0 Å². The molecule has 0 spiro atoms. The van der Waals surface area contributed by atoms with Crippen LogP contribution in [0.2, 0.25) is 0 Å². The van der Waals surface area contributed by atoms with E-state index in [1.54, 1.807) is 21.0 Å². The van der Waals surface area contributed by atoms with E-state index in [1.165, 1.54) is 0 Å². The number of carbonyl (C=O) groups is 1. The Morgan fingerprint density at radius 3 is 2.13 bits per heavy atom. The van der Waals surface area contributed by atoms with Gasteiger partial charge in [-0.3, -0.25) is 0 Å². The summed E-state index contributed by atoms with van der Waals surface area (Å²) in [6.45, 7) is 5.41. The molecule has 82 valence electrons. The van der Waals surface area contributed by atoms with E-state index in [-0.39, 0.29) is 0 Å². The molecule has 4 heteroatoms. The molecule has 0 heterocycles. The third kappa shape index (κ3) is 1.86. The molecule has 0 saturated heterocycles. The van der Waals surface area contributed by atoms with E-state index < -0.39 is 5.97 Å². The highest BCUT2D eigenvalue weighted by Gasteiger charge is 2.20. The van der Waals surface area contributed by atoms with Gasteiger partial charge in [0, 0.05) is 0 Å². The monoisotopic (exact) mass is 272 g/mol. The van der Waals surface area contributed by atoms with Crippen LogP contribution in [0.5, 0.6) is 5.75 Å². The van der Waals surface area contributed by atoms with Gasteiger partial charge in [-0.1, -0.05) is 0 Å². The van der Waals surface area contributed by atoms with E-state index in [0.29, 0.717) is 21.3 Å². The normalized spacial score (nSPS) is 10.2. The van der Waals surface area contributed by atoms with Gasteiger partial charge < -0.3 is 9.84 Å². The number of rotatable bonds is 2. The second-order valence-electron chi connectivity index (χ2n) is 3.40. The lowest BCUT2D eigenvalue weighted by atomic mass is 9.97. The van der Waals surface area contributed by atoms with E-state index >= 15 is 0 Å². The quantitative estimate of drug-likeness (QED) is 0.900. The minimum Gasteiger partial charge on any atom is -0.495 e. The molecule has 1 N–H and O–H groups in total. The van der Waals surface area contributed by atoms with E-state index in [0.717, 1.165) is 11.1 Å². The smallest absolute Gasteiger partial charge is 0.336 e. The first kappa shape index (κ1) is 12.0. The fourth-order valence-corrected chi connectivity index (χ4v) is 2.30. The first-order valence-electron chi connectivity index (χ1n) is 4.48. The van der Waals surface area contributed by atoms with Crippen molar-refractivity contribution in [2.24, 2.45) is 0 Å². The number of hydrogen-bond donors (Lipinski definition) is 1. The minimum atomic E-state index is -0.906. The lowest BCUT2D eigenvalue weighted by Crippen LogP contribution is -2.07. The largest absolute Gasteiger partial charge is 0.495 e. The van der Waals surface area contributed by atoms with Crippen LogP contribution in [0.4, 0.5) is 0 Å². The van der Waals surface area contributed by atoms with Crippen molar-refractivity contribution in [3.63, 3.8) is 0 Å². The molecule has 0 fully saturated rings. The molecule has 0 atom stereocenters. The molecule has 0 radical (unpaired) electrons. The van der Waals surface area contributed by atoms with Crippen LogP contribution in [0.15, 0.2) is 4.47 Å². The molecular weight excluding hydrogens is 260 g/mol. The van der Waals surface area contributed by atoms with E-state index in [4.69, 9.17) is 9.84 Å². The predicted octanol–water partition coefficient (Wildman–Crippen LogP) is 3.08. The molecule has 1 aromatic rings. The van der Waals surface area contributed by atoms with Gasteiger partial charge in [-0.15, -0.1) is 0 Å². The summed E-state index contributed by atoms with van der Waals surface area (Å²) in [5.74, 6) is -0.202. The number of carboxylic acids is 1. The number of methoxy groups -OCH3 is 1. The summed E-state index contributed by atoms with van der Waals surface area (Å²) in [4.78, 5) is 11.1. The maximum absolute atomic E-state index is 11.1. The van der Waals surface area contributed by atoms with E-state index in [9.17, 15) is 4.79 Å². The maximum Gasteiger partial charge on any atom is 0.336 e. The standard InChI is InChI=1S/C11H13BrO3/c1-5-6(2)10(15-4)9(12)7(3)8(5)11(13)14/h1-4H3,(H,13,14). The molecule has 15 heavy (non-hydrogen) atoms. The van der Waals surface area contributed by atoms with Gasteiger partial charge in [-0.25, -0.2) is 4.79 Å². The number of hydrogen-bond acceptors (Lipinski definition) is 2.